The molecule has 0 aromatic heterocycles. The summed E-state index contributed by atoms with van der Waals surface area (Å²) in [5, 5.41) is 0. The topological polar surface area (TPSA) is 37.4 Å². The van der Waals surface area contributed by atoms with E-state index in [1.54, 1.807) is 0 Å². The van der Waals surface area contributed by atoms with Crippen molar-refractivity contribution in [3.63, 3.8) is 0 Å². The Hall–Kier alpha value is -0.180. The monoisotopic (exact) mass is 387 g/mol. The van der Waals surface area contributed by atoms with Gasteiger partial charge in [0, 0.05) is 29.4 Å². The molecule has 0 radical (unpaired) electrons. The summed E-state index contributed by atoms with van der Waals surface area (Å²) in [5.74, 6) is -1.32. The number of hydrogen-bond acceptors (Lipinski definition) is 3. The number of halogens is 3. The van der Waals surface area contributed by atoms with Crippen molar-refractivity contribution in [3.8, 4) is 0 Å². The van der Waals surface area contributed by atoms with E-state index in [1.165, 1.54) is 18.8 Å². The molecule has 0 N–H and O–H groups in total. The SMILES string of the molecule is CCC(CSC)N(C)S(=O)(=O)c1c(F)cc(F)cc1Br. The first kappa shape index (κ1) is 17.9. The second-order valence-electron chi connectivity index (χ2n) is 4.24. The van der Waals surface area contributed by atoms with E-state index in [1.807, 2.05) is 13.2 Å². The Balaban J connectivity index is 3.30. The van der Waals surface area contributed by atoms with Crippen LogP contribution in [0.2, 0.25) is 0 Å². The lowest BCUT2D eigenvalue weighted by molar-refractivity contribution is 0.382. The van der Waals surface area contributed by atoms with Crippen LogP contribution in [0.5, 0.6) is 0 Å². The van der Waals surface area contributed by atoms with Crippen molar-refractivity contribution in [1.29, 1.82) is 0 Å². The lowest BCUT2D eigenvalue weighted by Crippen LogP contribution is -2.38. The van der Waals surface area contributed by atoms with E-state index in [-0.39, 0.29) is 10.5 Å². The van der Waals surface area contributed by atoms with E-state index in [0.29, 0.717) is 18.2 Å². The Bertz CT molecular complexity index is 558. The maximum Gasteiger partial charge on any atom is 0.247 e. The van der Waals surface area contributed by atoms with Gasteiger partial charge in [0.25, 0.3) is 0 Å². The number of hydrogen-bond donors (Lipinski definition) is 0. The van der Waals surface area contributed by atoms with Gasteiger partial charge in [-0.25, -0.2) is 17.2 Å². The van der Waals surface area contributed by atoms with Gasteiger partial charge in [-0.2, -0.15) is 16.1 Å². The van der Waals surface area contributed by atoms with Crippen LogP contribution in [-0.4, -0.2) is 37.8 Å². The maximum absolute atomic E-state index is 13.8. The van der Waals surface area contributed by atoms with Gasteiger partial charge in [-0.3, -0.25) is 0 Å². The Morgan fingerprint density at radius 3 is 2.45 bits per heavy atom. The third-order valence-corrected chi connectivity index (χ3v) is 6.54. The molecule has 0 aliphatic rings. The summed E-state index contributed by atoms with van der Waals surface area (Å²) in [6.45, 7) is 1.86. The lowest BCUT2D eigenvalue weighted by Gasteiger charge is -2.26. The van der Waals surface area contributed by atoms with Gasteiger partial charge in [0.1, 0.15) is 16.5 Å². The first-order valence-corrected chi connectivity index (χ1v) is 9.49. The minimum absolute atomic E-state index is 0.110. The third-order valence-electron chi connectivity index (χ3n) is 2.94. The molecular weight excluding hydrogens is 372 g/mol. The summed E-state index contributed by atoms with van der Waals surface area (Å²) in [4.78, 5) is -0.527. The Kier molecular flexibility index (Phi) is 6.43. The molecule has 1 aromatic carbocycles. The number of nitrogens with zero attached hydrogens (tertiary/aromatic N) is 1. The average Bonchev–Trinajstić information content (AvgIpc) is 2.33. The first-order chi connectivity index (χ1) is 9.25. The predicted molar refractivity (Wildman–Crippen MR) is 81.5 cm³/mol. The second kappa shape index (κ2) is 7.20. The fraction of sp³-hybridized carbons (Fsp3) is 0.500. The molecular formula is C12H16BrF2NO2S2. The van der Waals surface area contributed by atoms with Gasteiger partial charge in [0.05, 0.1) is 0 Å². The van der Waals surface area contributed by atoms with Crippen LogP contribution < -0.4 is 0 Å². The molecule has 0 spiro atoms. The van der Waals surface area contributed by atoms with Gasteiger partial charge in [-0.15, -0.1) is 0 Å². The Morgan fingerprint density at radius 2 is 2.00 bits per heavy atom. The van der Waals surface area contributed by atoms with Crippen LogP contribution in [0.4, 0.5) is 8.78 Å². The summed E-state index contributed by atoms with van der Waals surface area (Å²) in [7, 11) is -2.61. The van der Waals surface area contributed by atoms with Gasteiger partial charge in [-0.05, 0) is 34.7 Å². The van der Waals surface area contributed by atoms with Gasteiger partial charge in [0.2, 0.25) is 10.0 Å². The van der Waals surface area contributed by atoms with E-state index in [4.69, 9.17) is 0 Å². The molecule has 0 saturated carbocycles. The van der Waals surface area contributed by atoms with Crippen LogP contribution in [0.3, 0.4) is 0 Å². The van der Waals surface area contributed by atoms with Crippen LogP contribution in [0.25, 0.3) is 0 Å². The van der Waals surface area contributed by atoms with Crippen LogP contribution in [0, 0.1) is 11.6 Å². The molecule has 1 atom stereocenters. The normalized spacial score (nSPS) is 13.8. The van der Waals surface area contributed by atoms with E-state index < -0.39 is 26.6 Å². The average molecular weight is 388 g/mol. The summed E-state index contributed by atoms with van der Waals surface area (Å²) in [6.07, 6.45) is 2.48. The molecule has 0 fully saturated rings. The quantitative estimate of drug-likeness (QED) is 0.749. The zero-order chi connectivity index (χ0) is 15.5. The van der Waals surface area contributed by atoms with Crippen molar-refractivity contribution in [3.05, 3.63) is 28.2 Å². The zero-order valence-corrected chi connectivity index (χ0v) is 14.6. The van der Waals surface area contributed by atoms with E-state index >= 15 is 0 Å². The molecule has 20 heavy (non-hydrogen) atoms. The highest BCUT2D eigenvalue weighted by atomic mass is 79.9. The van der Waals surface area contributed by atoms with Crippen molar-refractivity contribution in [2.24, 2.45) is 0 Å². The van der Waals surface area contributed by atoms with Crippen LogP contribution in [0.15, 0.2) is 21.5 Å². The van der Waals surface area contributed by atoms with Crippen LogP contribution >= 0.6 is 27.7 Å². The molecule has 0 amide bonds. The van der Waals surface area contributed by atoms with E-state index in [9.17, 15) is 17.2 Å². The second-order valence-corrected chi connectivity index (χ2v) is 7.94. The van der Waals surface area contributed by atoms with Crippen molar-refractivity contribution in [1.82, 2.24) is 4.31 Å². The Morgan fingerprint density at radius 1 is 1.40 bits per heavy atom. The molecule has 1 unspecified atom stereocenters. The highest BCUT2D eigenvalue weighted by Gasteiger charge is 2.31. The fourth-order valence-corrected chi connectivity index (χ4v) is 5.26. The Labute approximate surface area is 130 Å². The van der Waals surface area contributed by atoms with Crippen molar-refractivity contribution in [2.45, 2.75) is 24.3 Å². The predicted octanol–water partition coefficient (Wildman–Crippen LogP) is 3.49. The van der Waals surface area contributed by atoms with Crippen molar-refractivity contribution >= 4 is 37.7 Å². The first-order valence-electron chi connectivity index (χ1n) is 5.87. The molecule has 0 aliphatic heterocycles. The largest absolute Gasteiger partial charge is 0.247 e. The van der Waals surface area contributed by atoms with Gasteiger partial charge in [0.15, 0.2) is 0 Å². The molecule has 0 bridgehead atoms. The van der Waals surface area contributed by atoms with E-state index in [0.717, 1.165) is 10.4 Å². The standard InChI is InChI=1S/C12H16BrF2NO2S2/c1-4-9(7-19-3)16(2)20(17,18)12-10(13)5-8(14)6-11(12)15/h5-6,9H,4,7H2,1-3H3. The minimum atomic E-state index is -4.02. The molecule has 0 aliphatic carbocycles. The number of benzene rings is 1. The molecule has 1 aromatic rings. The van der Waals surface area contributed by atoms with Crippen molar-refractivity contribution < 1.29 is 17.2 Å². The molecule has 1 rings (SSSR count). The molecule has 3 nitrogen and oxygen atoms in total. The summed E-state index contributed by atoms with van der Waals surface area (Å²) in [5.41, 5.74) is 0. The highest BCUT2D eigenvalue weighted by molar-refractivity contribution is 9.10. The van der Waals surface area contributed by atoms with Gasteiger partial charge in [-0.1, -0.05) is 6.92 Å². The maximum atomic E-state index is 13.8. The van der Waals surface area contributed by atoms with E-state index in [2.05, 4.69) is 15.9 Å². The zero-order valence-electron chi connectivity index (χ0n) is 11.4. The molecule has 114 valence electrons. The summed E-state index contributed by atoms with van der Waals surface area (Å²) < 4.78 is 52.9. The number of sulfonamides is 1. The van der Waals surface area contributed by atoms with Gasteiger partial charge >= 0.3 is 0 Å². The fourth-order valence-electron chi connectivity index (χ4n) is 1.79. The minimum Gasteiger partial charge on any atom is -0.207 e. The van der Waals surface area contributed by atoms with Crippen molar-refractivity contribution in [2.75, 3.05) is 19.1 Å². The highest BCUT2D eigenvalue weighted by Crippen LogP contribution is 2.30. The number of thioether (sulfide) groups is 1. The van der Waals surface area contributed by atoms with Crippen LogP contribution in [0.1, 0.15) is 13.3 Å². The smallest absolute Gasteiger partial charge is 0.207 e. The summed E-state index contributed by atoms with van der Waals surface area (Å²) in [6, 6.07) is 1.27. The number of rotatable bonds is 6. The van der Waals surface area contributed by atoms with Crippen LogP contribution in [-0.2, 0) is 10.0 Å². The van der Waals surface area contributed by atoms with Gasteiger partial charge < -0.3 is 0 Å². The lowest BCUT2D eigenvalue weighted by atomic mass is 10.3. The molecule has 0 heterocycles. The molecule has 8 heteroatoms. The third kappa shape index (κ3) is 3.72. The summed E-state index contributed by atoms with van der Waals surface area (Å²) >= 11 is 4.43. The molecule has 0 saturated heterocycles.